The van der Waals surface area contributed by atoms with Gasteiger partial charge in [-0.15, -0.1) is 6.42 Å². The Balaban J connectivity index is 0.000000277. The zero-order valence-electron chi connectivity index (χ0n) is 35.5. The average molecular weight is 716 g/mol. The van der Waals surface area contributed by atoms with Crippen molar-refractivity contribution in [3.63, 3.8) is 0 Å². The molecule has 0 unspecified atom stereocenters. The molecule has 0 atom stereocenters. The maximum absolute atomic E-state index is 5.96. The van der Waals surface area contributed by atoms with Gasteiger partial charge in [0.1, 0.15) is 0 Å². The van der Waals surface area contributed by atoms with Crippen LogP contribution in [0.1, 0.15) is 147 Å². The predicted molar refractivity (Wildman–Crippen MR) is 219 cm³/mol. The zero-order chi connectivity index (χ0) is 39.1. The molecule has 0 spiro atoms. The molecule has 0 amide bonds. The third kappa shape index (κ3) is 10.9. The zero-order valence-corrected chi connectivity index (χ0v) is 35.5. The van der Waals surface area contributed by atoms with Gasteiger partial charge in [-0.25, -0.2) is 0 Å². The molecule has 0 radical (unpaired) electrons. The maximum Gasteiger partial charge on any atom is 0.488 e. The molecular formula is C42H67B3O7. The van der Waals surface area contributed by atoms with Crippen LogP contribution in [0.15, 0.2) is 54.5 Å². The van der Waals surface area contributed by atoms with Crippen LogP contribution >= 0.6 is 0 Å². The maximum atomic E-state index is 5.96. The molecule has 2 aromatic carbocycles. The van der Waals surface area contributed by atoms with Crippen LogP contribution in [0.25, 0.3) is 6.08 Å². The summed E-state index contributed by atoms with van der Waals surface area (Å²) in [5.41, 5.74) is 3.18. The van der Waals surface area contributed by atoms with E-state index in [1.165, 1.54) is 11.1 Å². The van der Waals surface area contributed by atoms with Gasteiger partial charge in [0, 0.05) is 5.56 Å². The Morgan fingerprint density at radius 1 is 0.500 bits per heavy atom. The highest BCUT2D eigenvalue weighted by Gasteiger charge is 2.63. The number of rotatable bonds is 3. The third-order valence-electron chi connectivity index (χ3n) is 11.2. The average Bonchev–Trinajstić information content (AvgIpc) is 3.44. The molecule has 3 fully saturated rings. The Bertz CT molecular complexity index is 1460. The summed E-state index contributed by atoms with van der Waals surface area (Å²) < 4.78 is 35.8. The van der Waals surface area contributed by atoms with Crippen LogP contribution in [0.2, 0.25) is 0 Å². The number of benzene rings is 2. The molecule has 3 saturated heterocycles. The standard InChI is InChI=1S/C18H27BO2.C12H24B2O4.C12H14.H2O/c1-16(2,3)15-10-8-14(9-11-15)12-13-19-20-17(4,5)18(6,7)21-19;1-9(2)10(3,4)16-13(15-9)14-17-11(5,6)12(7,8)18-14;1-5-10-6-8-11(9-7-10)12(2,3)4;/h8-13H,1-7H3;1-8H3;1,6-9H,2-4H3;1H2/b13-12+;;;. The first-order valence-electron chi connectivity index (χ1n) is 18.4. The molecule has 52 heavy (non-hydrogen) atoms. The lowest BCUT2D eigenvalue weighted by Gasteiger charge is -2.32. The number of hydrogen-bond donors (Lipinski definition) is 0. The van der Waals surface area contributed by atoms with Gasteiger partial charge in [0.15, 0.2) is 0 Å². The second kappa shape index (κ2) is 15.8. The van der Waals surface area contributed by atoms with Crippen molar-refractivity contribution in [3.8, 4) is 12.3 Å². The molecule has 7 nitrogen and oxygen atoms in total. The number of terminal acetylenes is 1. The molecule has 3 aliphatic rings. The van der Waals surface area contributed by atoms with E-state index in [1.54, 1.807) is 0 Å². The fourth-order valence-corrected chi connectivity index (χ4v) is 5.32. The van der Waals surface area contributed by atoms with Gasteiger partial charge < -0.3 is 33.4 Å². The number of hydrogen-bond acceptors (Lipinski definition) is 6. The van der Waals surface area contributed by atoms with Gasteiger partial charge in [-0.3, -0.25) is 0 Å². The van der Waals surface area contributed by atoms with Gasteiger partial charge in [0.2, 0.25) is 0 Å². The first kappa shape index (κ1) is 45.8. The van der Waals surface area contributed by atoms with Crippen LogP contribution in [-0.2, 0) is 38.8 Å². The van der Waals surface area contributed by atoms with Crippen LogP contribution in [0.4, 0.5) is 0 Å². The van der Waals surface area contributed by atoms with Crippen LogP contribution in [0.5, 0.6) is 0 Å². The third-order valence-corrected chi connectivity index (χ3v) is 11.2. The Labute approximate surface area is 318 Å². The molecule has 2 aromatic rings. The van der Waals surface area contributed by atoms with E-state index in [0.29, 0.717) is 0 Å². The van der Waals surface area contributed by atoms with Crippen molar-refractivity contribution >= 4 is 27.2 Å². The predicted octanol–water partition coefficient (Wildman–Crippen LogP) is 9.02. The minimum Gasteiger partial charge on any atom is -0.412 e. The highest BCUT2D eigenvalue weighted by molar-refractivity contribution is 7.11. The molecule has 3 aliphatic heterocycles. The highest BCUT2D eigenvalue weighted by atomic mass is 16.7. The van der Waals surface area contributed by atoms with E-state index in [2.05, 4.69) is 118 Å². The molecule has 5 rings (SSSR count). The summed E-state index contributed by atoms with van der Waals surface area (Å²) in [7, 11) is -1.23. The summed E-state index contributed by atoms with van der Waals surface area (Å²) in [5, 5.41) is 0. The Morgan fingerprint density at radius 2 is 0.788 bits per heavy atom. The lowest BCUT2D eigenvalue weighted by Crippen LogP contribution is -2.41. The monoisotopic (exact) mass is 717 g/mol. The summed E-state index contributed by atoms with van der Waals surface area (Å²) in [6, 6.07) is 16.8. The quantitative estimate of drug-likeness (QED) is 0.233. The van der Waals surface area contributed by atoms with Crippen LogP contribution in [0.3, 0.4) is 0 Å². The van der Waals surface area contributed by atoms with E-state index >= 15 is 0 Å². The fraction of sp³-hybridized carbons (Fsp3) is 0.619. The molecule has 0 saturated carbocycles. The summed E-state index contributed by atoms with van der Waals surface area (Å²) in [6.45, 7) is 37.7. The van der Waals surface area contributed by atoms with Crippen molar-refractivity contribution in [2.24, 2.45) is 0 Å². The van der Waals surface area contributed by atoms with Gasteiger partial charge >= 0.3 is 21.1 Å². The van der Waals surface area contributed by atoms with Gasteiger partial charge in [-0.1, -0.05) is 95.9 Å². The topological polar surface area (TPSA) is 86.9 Å². The van der Waals surface area contributed by atoms with Crippen LogP contribution in [0, 0.1) is 12.3 Å². The van der Waals surface area contributed by atoms with Crippen molar-refractivity contribution in [3.05, 3.63) is 76.8 Å². The Morgan fingerprint density at radius 3 is 1.08 bits per heavy atom. The van der Waals surface area contributed by atoms with Crippen LogP contribution < -0.4 is 0 Å². The normalized spacial score (nSPS) is 22.1. The molecule has 0 bridgehead atoms. The summed E-state index contributed by atoms with van der Waals surface area (Å²) >= 11 is 0. The summed E-state index contributed by atoms with van der Waals surface area (Å²) in [4.78, 5) is 0. The van der Waals surface area contributed by atoms with E-state index in [-0.39, 0.29) is 57.0 Å². The highest BCUT2D eigenvalue weighted by Crippen LogP contribution is 2.43. The van der Waals surface area contributed by atoms with Crippen molar-refractivity contribution in [2.75, 3.05) is 0 Å². The molecular weight excluding hydrogens is 649 g/mol. The lowest BCUT2D eigenvalue weighted by molar-refractivity contribution is 0.00578. The molecule has 3 heterocycles. The fourth-order valence-electron chi connectivity index (χ4n) is 5.32. The smallest absolute Gasteiger partial charge is 0.412 e. The first-order chi connectivity index (χ1) is 22.9. The Kier molecular flexibility index (Phi) is 13.9. The van der Waals surface area contributed by atoms with E-state index in [1.807, 2.05) is 73.5 Å². The largest absolute Gasteiger partial charge is 0.488 e. The second-order valence-electron chi connectivity index (χ2n) is 19.1. The lowest BCUT2D eigenvalue weighted by atomic mass is 9.49. The minimum absolute atomic E-state index is 0. The molecule has 10 heteroatoms. The van der Waals surface area contributed by atoms with Crippen LogP contribution in [-0.4, -0.2) is 60.2 Å². The van der Waals surface area contributed by atoms with Crippen molar-refractivity contribution in [2.45, 2.75) is 169 Å². The summed E-state index contributed by atoms with van der Waals surface area (Å²) in [6.07, 6.45) is 7.32. The van der Waals surface area contributed by atoms with E-state index in [4.69, 9.17) is 34.3 Å². The minimum atomic E-state index is -0.476. The van der Waals surface area contributed by atoms with E-state index in [0.717, 1.165) is 11.1 Å². The van der Waals surface area contributed by atoms with Gasteiger partial charge in [0.05, 0.1) is 33.6 Å². The summed E-state index contributed by atoms with van der Waals surface area (Å²) in [5.74, 6) is 4.59. The van der Waals surface area contributed by atoms with Crippen molar-refractivity contribution in [1.82, 2.24) is 0 Å². The Hall–Kier alpha value is -2.35. The molecule has 0 aromatic heterocycles. The molecule has 2 N–H and O–H groups in total. The van der Waals surface area contributed by atoms with Crippen molar-refractivity contribution in [1.29, 1.82) is 0 Å². The van der Waals surface area contributed by atoms with Gasteiger partial charge in [-0.2, -0.15) is 0 Å². The molecule has 286 valence electrons. The SMILES string of the molecule is C#Cc1ccc(C(C)(C)C)cc1.CC(C)(C)c1ccc(/C=C/B2OC(C)(C)C(C)(C)O2)cc1.CC1(C)OB(B2OC(C)(C)C(C)(C)O2)OC1(C)C.O. The van der Waals surface area contributed by atoms with E-state index < -0.39 is 14.0 Å². The first-order valence-corrected chi connectivity index (χ1v) is 18.4. The second-order valence-corrected chi connectivity index (χ2v) is 19.1. The van der Waals surface area contributed by atoms with Crippen molar-refractivity contribution < 1.29 is 33.4 Å². The molecule has 0 aliphatic carbocycles. The van der Waals surface area contributed by atoms with Gasteiger partial charge in [0.25, 0.3) is 0 Å². The van der Waals surface area contributed by atoms with Gasteiger partial charge in [-0.05, 0) is 123 Å². The van der Waals surface area contributed by atoms with E-state index in [9.17, 15) is 0 Å².